The van der Waals surface area contributed by atoms with Crippen LogP contribution in [0.2, 0.25) is 10.0 Å². The van der Waals surface area contributed by atoms with E-state index in [0.29, 0.717) is 5.02 Å². The predicted molar refractivity (Wildman–Crippen MR) is 95.9 cm³/mol. The Labute approximate surface area is 155 Å². The zero-order valence-corrected chi connectivity index (χ0v) is 15.5. The first-order valence-electron chi connectivity index (χ1n) is 7.24. The summed E-state index contributed by atoms with van der Waals surface area (Å²) in [5.74, 6) is -1.18. The quantitative estimate of drug-likeness (QED) is 0.796. The van der Waals surface area contributed by atoms with Crippen molar-refractivity contribution in [3.63, 3.8) is 0 Å². The van der Waals surface area contributed by atoms with Crippen molar-refractivity contribution in [2.45, 2.75) is 11.8 Å². The van der Waals surface area contributed by atoms with E-state index in [2.05, 4.69) is 5.32 Å². The highest BCUT2D eigenvalue weighted by Crippen LogP contribution is 2.20. The molecule has 5 nitrogen and oxygen atoms in total. The Kier molecular flexibility index (Phi) is 6.40. The number of benzene rings is 2. The van der Waals surface area contributed by atoms with E-state index in [4.69, 9.17) is 23.2 Å². The van der Waals surface area contributed by atoms with E-state index >= 15 is 0 Å². The molecule has 0 radical (unpaired) electrons. The van der Waals surface area contributed by atoms with E-state index in [1.54, 1.807) is 6.92 Å². The van der Waals surface area contributed by atoms with Crippen molar-refractivity contribution in [1.82, 2.24) is 4.31 Å². The molecular formula is C16H15Cl2FN2O3S. The second-order valence-electron chi connectivity index (χ2n) is 5.06. The number of sulfonamides is 1. The number of amides is 1. The van der Waals surface area contributed by atoms with Gasteiger partial charge in [-0.05, 0) is 42.5 Å². The Balaban J connectivity index is 2.13. The van der Waals surface area contributed by atoms with Gasteiger partial charge in [0.15, 0.2) is 0 Å². The standard InChI is InChI=1S/C16H15Cl2FN2O3S/c1-2-21(25(23,24)13-6-3-11(17)4-7-13)10-16(22)20-12-5-8-15(19)14(18)9-12/h3-9H,2,10H2,1H3,(H,20,22). The highest BCUT2D eigenvalue weighted by molar-refractivity contribution is 7.89. The van der Waals surface area contributed by atoms with E-state index in [0.717, 1.165) is 10.4 Å². The number of halogens is 3. The van der Waals surface area contributed by atoms with Gasteiger partial charge in [-0.15, -0.1) is 0 Å². The fraction of sp³-hybridized carbons (Fsp3) is 0.188. The minimum absolute atomic E-state index is 0.0383. The van der Waals surface area contributed by atoms with E-state index in [1.807, 2.05) is 0 Å². The second-order valence-corrected chi connectivity index (χ2v) is 7.84. The summed E-state index contributed by atoms with van der Waals surface area (Å²) in [6.45, 7) is 1.33. The minimum Gasteiger partial charge on any atom is -0.325 e. The molecule has 0 saturated heterocycles. The third-order valence-electron chi connectivity index (χ3n) is 3.33. The number of rotatable bonds is 6. The highest BCUT2D eigenvalue weighted by Gasteiger charge is 2.25. The molecule has 2 aromatic carbocycles. The number of carbonyl (C=O) groups excluding carboxylic acids is 1. The monoisotopic (exact) mass is 404 g/mol. The fourth-order valence-corrected chi connectivity index (χ4v) is 3.77. The SMILES string of the molecule is CCN(CC(=O)Nc1ccc(F)c(Cl)c1)S(=O)(=O)c1ccc(Cl)cc1. The van der Waals surface area contributed by atoms with Crippen molar-refractivity contribution in [3.8, 4) is 0 Å². The summed E-state index contributed by atoms with van der Waals surface area (Å²) in [7, 11) is -3.84. The van der Waals surface area contributed by atoms with Crippen LogP contribution in [-0.2, 0) is 14.8 Å². The zero-order chi connectivity index (χ0) is 18.6. The minimum atomic E-state index is -3.84. The molecule has 0 atom stereocenters. The third-order valence-corrected chi connectivity index (χ3v) is 5.80. The number of hydrogen-bond donors (Lipinski definition) is 1. The molecule has 0 unspecified atom stereocenters. The van der Waals surface area contributed by atoms with Crippen LogP contribution in [0.15, 0.2) is 47.4 Å². The van der Waals surface area contributed by atoms with Crippen LogP contribution in [0, 0.1) is 5.82 Å². The normalized spacial score (nSPS) is 11.6. The lowest BCUT2D eigenvalue weighted by Crippen LogP contribution is -2.37. The van der Waals surface area contributed by atoms with Gasteiger partial charge in [0.2, 0.25) is 15.9 Å². The van der Waals surface area contributed by atoms with E-state index in [1.165, 1.54) is 36.4 Å². The molecule has 1 N–H and O–H groups in total. The fourth-order valence-electron chi connectivity index (χ4n) is 2.06. The number of nitrogens with zero attached hydrogens (tertiary/aromatic N) is 1. The number of nitrogens with one attached hydrogen (secondary N) is 1. The average Bonchev–Trinajstić information content (AvgIpc) is 2.56. The van der Waals surface area contributed by atoms with Gasteiger partial charge in [0.25, 0.3) is 0 Å². The highest BCUT2D eigenvalue weighted by atomic mass is 35.5. The summed E-state index contributed by atoms with van der Waals surface area (Å²) in [6, 6.07) is 9.36. The van der Waals surface area contributed by atoms with Gasteiger partial charge in [-0.3, -0.25) is 4.79 Å². The van der Waals surface area contributed by atoms with Crippen LogP contribution in [0.1, 0.15) is 6.92 Å². The molecule has 0 aromatic heterocycles. The number of anilines is 1. The maximum Gasteiger partial charge on any atom is 0.243 e. The van der Waals surface area contributed by atoms with Crippen LogP contribution >= 0.6 is 23.2 Å². The molecule has 134 valence electrons. The molecule has 0 bridgehead atoms. The van der Waals surface area contributed by atoms with Crippen molar-refractivity contribution in [2.75, 3.05) is 18.4 Å². The molecule has 0 heterocycles. The topological polar surface area (TPSA) is 66.5 Å². The van der Waals surface area contributed by atoms with Gasteiger partial charge in [-0.25, -0.2) is 12.8 Å². The van der Waals surface area contributed by atoms with Crippen LogP contribution in [-0.4, -0.2) is 31.7 Å². The maximum absolute atomic E-state index is 13.1. The lowest BCUT2D eigenvalue weighted by Gasteiger charge is -2.20. The van der Waals surface area contributed by atoms with E-state index < -0.39 is 28.3 Å². The molecule has 25 heavy (non-hydrogen) atoms. The zero-order valence-electron chi connectivity index (χ0n) is 13.2. The molecule has 0 fully saturated rings. The van der Waals surface area contributed by atoms with Crippen LogP contribution in [0.4, 0.5) is 10.1 Å². The summed E-state index contributed by atoms with van der Waals surface area (Å²) < 4.78 is 39.3. The van der Waals surface area contributed by atoms with Crippen LogP contribution in [0.25, 0.3) is 0 Å². The molecular weight excluding hydrogens is 390 g/mol. The lowest BCUT2D eigenvalue weighted by molar-refractivity contribution is -0.116. The Bertz CT molecular complexity index is 873. The molecule has 0 saturated carbocycles. The van der Waals surface area contributed by atoms with Gasteiger partial charge in [0.05, 0.1) is 16.5 Å². The first kappa shape index (κ1) is 19.7. The molecule has 0 aliphatic heterocycles. The summed E-state index contributed by atoms with van der Waals surface area (Å²) in [5.41, 5.74) is 0.274. The van der Waals surface area contributed by atoms with Gasteiger partial charge in [-0.2, -0.15) is 4.31 Å². The van der Waals surface area contributed by atoms with Crippen molar-refractivity contribution >= 4 is 44.8 Å². The van der Waals surface area contributed by atoms with E-state index in [-0.39, 0.29) is 22.2 Å². The van der Waals surface area contributed by atoms with Crippen molar-refractivity contribution < 1.29 is 17.6 Å². The van der Waals surface area contributed by atoms with Crippen LogP contribution < -0.4 is 5.32 Å². The van der Waals surface area contributed by atoms with Crippen LogP contribution in [0.5, 0.6) is 0 Å². The Morgan fingerprint density at radius 3 is 2.36 bits per heavy atom. The van der Waals surface area contributed by atoms with Crippen LogP contribution in [0.3, 0.4) is 0 Å². The smallest absolute Gasteiger partial charge is 0.243 e. The predicted octanol–water partition coefficient (Wildman–Crippen LogP) is 3.78. The Morgan fingerprint density at radius 2 is 1.80 bits per heavy atom. The molecule has 0 aliphatic carbocycles. The molecule has 2 rings (SSSR count). The molecule has 0 aliphatic rings. The molecule has 2 aromatic rings. The first-order valence-corrected chi connectivity index (χ1v) is 9.44. The largest absolute Gasteiger partial charge is 0.325 e. The second kappa shape index (κ2) is 8.14. The van der Waals surface area contributed by atoms with Gasteiger partial charge in [0, 0.05) is 17.3 Å². The van der Waals surface area contributed by atoms with Gasteiger partial charge in [0.1, 0.15) is 5.82 Å². The number of likely N-dealkylation sites (N-methyl/N-ethyl adjacent to an activating group) is 1. The molecule has 1 amide bonds. The van der Waals surface area contributed by atoms with Crippen molar-refractivity contribution in [3.05, 3.63) is 58.3 Å². The Hall–Kier alpha value is -1.67. The summed E-state index contributed by atoms with van der Waals surface area (Å²) in [5, 5.41) is 2.76. The van der Waals surface area contributed by atoms with E-state index in [9.17, 15) is 17.6 Å². The maximum atomic E-state index is 13.1. The first-order chi connectivity index (χ1) is 11.7. The number of carbonyl (C=O) groups is 1. The summed E-state index contributed by atoms with van der Waals surface area (Å²) >= 11 is 11.4. The van der Waals surface area contributed by atoms with Gasteiger partial charge in [-0.1, -0.05) is 30.1 Å². The summed E-state index contributed by atoms with van der Waals surface area (Å²) in [4.78, 5) is 12.2. The summed E-state index contributed by atoms with van der Waals surface area (Å²) in [6.07, 6.45) is 0. The Morgan fingerprint density at radius 1 is 1.16 bits per heavy atom. The van der Waals surface area contributed by atoms with Gasteiger partial charge < -0.3 is 5.32 Å². The molecule has 9 heteroatoms. The lowest BCUT2D eigenvalue weighted by atomic mass is 10.3. The van der Waals surface area contributed by atoms with Gasteiger partial charge >= 0.3 is 0 Å². The van der Waals surface area contributed by atoms with Crippen molar-refractivity contribution in [2.24, 2.45) is 0 Å². The third kappa shape index (κ3) is 4.92. The number of hydrogen-bond acceptors (Lipinski definition) is 3. The average molecular weight is 405 g/mol. The molecule has 0 spiro atoms. The van der Waals surface area contributed by atoms with Crippen molar-refractivity contribution in [1.29, 1.82) is 0 Å².